The van der Waals surface area contributed by atoms with Crippen molar-refractivity contribution >= 4 is 57.0 Å². The first-order valence-electron chi connectivity index (χ1n) is 12.2. The molecule has 1 fully saturated rings. The largest absolute Gasteiger partial charge is 0.378 e. The lowest BCUT2D eigenvalue weighted by Gasteiger charge is -2.28. The molecule has 0 amide bonds. The van der Waals surface area contributed by atoms with Crippen molar-refractivity contribution in [1.82, 2.24) is 19.5 Å². The van der Waals surface area contributed by atoms with E-state index in [4.69, 9.17) is 14.7 Å². The first kappa shape index (κ1) is 23.3. The average Bonchev–Trinajstić information content (AvgIpc) is 3.60. The van der Waals surface area contributed by atoms with Crippen LogP contribution in [0.4, 0.5) is 34.5 Å². The van der Waals surface area contributed by atoms with Crippen LogP contribution in [-0.4, -0.2) is 59.9 Å². The Labute approximate surface area is 219 Å². The summed E-state index contributed by atoms with van der Waals surface area (Å²) in [5.41, 5.74) is 6.57. The number of morpholine rings is 1. The van der Waals surface area contributed by atoms with Gasteiger partial charge in [0.05, 0.1) is 18.9 Å². The van der Waals surface area contributed by atoms with Crippen LogP contribution >= 0.6 is 11.3 Å². The first-order chi connectivity index (χ1) is 18.1. The molecule has 4 heterocycles. The molecule has 37 heavy (non-hydrogen) atoms. The number of benzene rings is 2. The van der Waals surface area contributed by atoms with E-state index in [2.05, 4.69) is 73.3 Å². The minimum atomic E-state index is 0.493. The van der Waals surface area contributed by atoms with E-state index >= 15 is 0 Å². The van der Waals surface area contributed by atoms with Gasteiger partial charge < -0.3 is 25.2 Å². The number of nitrogens with zero attached hydrogens (tertiary/aromatic N) is 6. The zero-order valence-electron chi connectivity index (χ0n) is 20.8. The van der Waals surface area contributed by atoms with Gasteiger partial charge in [0.15, 0.2) is 17.0 Å². The fraction of sp³-hybridized carbons (Fsp3) is 0.222. The highest BCUT2D eigenvalue weighted by Gasteiger charge is 2.16. The zero-order chi connectivity index (χ0) is 25.2. The van der Waals surface area contributed by atoms with Crippen molar-refractivity contribution in [3.05, 3.63) is 71.7 Å². The molecule has 0 radical (unpaired) electrons. The molecule has 2 aromatic carbocycles. The molecule has 188 valence electrons. The third kappa shape index (κ3) is 4.93. The quantitative estimate of drug-likeness (QED) is 0.305. The number of nitrogens with one attached hydrogen (secondary N) is 2. The molecule has 0 atom stereocenters. The van der Waals surface area contributed by atoms with Crippen LogP contribution in [0.1, 0.15) is 0 Å². The van der Waals surface area contributed by atoms with Crippen LogP contribution < -0.4 is 20.4 Å². The summed E-state index contributed by atoms with van der Waals surface area (Å²) in [5.74, 6) is 1.14. The van der Waals surface area contributed by atoms with Gasteiger partial charge in [0, 0.05) is 55.3 Å². The molecule has 3 aromatic heterocycles. The molecule has 0 bridgehead atoms. The average molecular weight is 513 g/mol. The van der Waals surface area contributed by atoms with Crippen molar-refractivity contribution in [2.75, 3.05) is 60.8 Å². The van der Waals surface area contributed by atoms with Gasteiger partial charge >= 0.3 is 0 Å². The van der Waals surface area contributed by atoms with Gasteiger partial charge in [-0.25, -0.2) is 4.98 Å². The number of aromatic nitrogens is 4. The molecule has 0 spiro atoms. The van der Waals surface area contributed by atoms with Gasteiger partial charge in [0.1, 0.15) is 6.33 Å². The number of rotatable bonds is 7. The second-order valence-corrected chi connectivity index (χ2v) is 9.79. The van der Waals surface area contributed by atoms with Gasteiger partial charge in [-0.1, -0.05) is 6.07 Å². The Balaban J connectivity index is 1.35. The Bertz CT molecular complexity index is 1490. The monoisotopic (exact) mass is 512 g/mol. The third-order valence-electron chi connectivity index (χ3n) is 6.31. The topological polar surface area (TPSA) is 83.4 Å². The molecule has 10 heteroatoms. The van der Waals surface area contributed by atoms with E-state index in [1.54, 1.807) is 17.7 Å². The van der Waals surface area contributed by atoms with Crippen molar-refractivity contribution < 1.29 is 4.74 Å². The van der Waals surface area contributed by atoms with Crippen molar-refractivity contribution in [1.29, 1.82) is 0 Å². The van der Waals surface area contributed by atoms with Crippen LogP contribution in [0.3, 0.4) is 0 Å². The summed E-state index contributed by atoms with van der Waals surface area (Å²) < 4.78 is 7.47. The Morgan fingerprint density at radius 2 is 1.76 bits per heavy atom. The van der Waals surface area contributed by atoms with E-state index in [1.165, 1.54) is 5.69 Å². The standard InChI is InChI=1S/C27H28N8OS/c1-33(2)22-5-3-4-20(16-22)30-27-31-25(24-26(32-27)35(18-28-24)23-10-15-37-17-23)29-19-6-8-21(9-7-19)34-11-13-36-14-12-34/h3-10,15-18H,11-14H2,1-2H3,(H2,29,30,31,32). The maximum absolute atomic E-state index is 5.48. The summed E-state index contributed by atoms with van der Waals surface area (Å²) in [6.45, 7) is 3.34. The normalized spacial score (nSPS) is 13.6. The summed E-state index contributed by atoms with van der Waals surface area (Å²) in [4.78, 5) is 18.7. The van der Waals surface area contributed by atoms with E-state index in [0.29, 0.717) is 17.3 Å². The smallest absolute Gasteiger partial charge is 0.231 e. The number of ether oxygens (including phenoxy) is 1. The lowest BCUT2D eigenvalue weighted by molar-refractivity contribution is 0.122. The lowest BCUT2D eigenvalue weighted by Crippen LogP contribution is -2.36. The van der Waals surface area contributed by atoms with Gasteiger partial charge in [-0.15, -0.1) is 0 Å². The number of hydrogen-bond donors (Lipinski definition) is 2. The van der Waals surface area contributed by atoms with Crippen molar-refractivity contribution in [2.24, 2.45) is 0 Å². The van der Waals surface area contributed by atoms with E-state index in [0.717, 1.165) is 54.7 Å². The second kappa shape index (κ2) is 10.1. The molecule has 1 saturated heterocycles. The molecule has 5 aromatic rings. The predicted molar refractivity (Wildman–Crippen MR) is 151 cm³/mol. The number of anilines is 6. The summed E-state index contributed by atoms with van der Waals surface area (Å²) in [7, 11) is 4.04. The Morgan fingerprint density at radius 3 is 2.51 bits per heavy atom. The molecule has 9 nitrogen and oxygen atoms in total. The molecule has 2 N–H and O–H groups in total. The van der Waals surface area contributed by atoms with Gasteiger partial charge in [-0.05, 0) is 53.9 Å². The molecule has 0 aliphatic carbocycles. The molecule has 0 unspecified atom stereocenters. The molecule has 1 aliphatic heterocycles. The van der Waals surface area contributed by atoms with Crippen LogP contribution in [0.5, 0.6) is 0 Å². The molecular formula is C27H28N8OS. The minimum Gasteiger partial charge on any atom is -0.378 e. The Kier molecular flexibility index (Phi) is 6.33. The first-order valence-corrected chi connectivity index (χ1v) is 13.1. The third-order valence-corrected chi connectivity index (χ3v) is 6.98. The molecule has 1 aliphatic rings. The number of imidazole rings is 1. The summed E-state index contributed by atoms with van der Waals surface area (Å²) in [6.07, 6.45) is 1.80. The van der Waals surface area contributed by atoms with Crippen LogP contribution in [0, 0.1) is 0 Å². The van der Waals surface area contributed by atoms with Crippen LogP contribution in [0.2, 0.25) is 0 Å². The van der Waals surface area contributed by atoms with Gasteiger partial charge in [0.2, 0.25) is 5.95 Å². The van der Waals surface area contributed by atoms with Crippen LogP contribution in [0.15, 0.2) is 71.7 Å². The highest BCUT2D eigenvalue weighted by molar-refractivity contribution is 7.08. The maximum Gasteiger partial charge on any atom is 0.231 e. The minimum absolute atomic E-state index is 0.493. The summed E-state index contributed by atoms with van der Waals surface area (Å²) >= 11 is 1.64. The number of hydrogen-bond acceptors (Lipinski definition) is 9. The van der Waals surface area contributed by atoms with Crippen molar-refractivity contribution in [3.8, 4) is 5.69 Å². The lowest BCUT2D eigenvalue weighted by atomic mass is 10.2. The Morgan fingerprint density at radius 1 is 0.919 bits per heavy atom. The summed E-state index contributed by atoms with van der Waals surface area (Å²) in [6, 6.07) is 18.6. The van der Waals surface area contributed by atoms with Crippen LogP contribution in [-0.2, 0) is 4.74 Å². The van der Waals surface area contributed by atoms with Gasteiger partial charge in [-0.2, -0.15) is 21.3 Å². The van der Waals surface area contributed by atoms with E-state index in [1.807, 2.05) is 36.2 Å². The maximum atomic E-state index is 5.48. The van der Waals surface area contributed by atoms with E-state index in [-0.39, 0.29) is 0 Å². The summed E-state index contributed by atoms with van der Waals surface area (Å²) in [5, 5.41) is 11.0. The highest BCUT2D eigenvalue weighted by atomic mass is 32.1. The van der Waals surface area contributed by atoms with E-state index < -0.39 is 0 Å². The van der Waals surface area contributed by atoms with Crippen molar-refractivity contribution in [2.45, 2.75) is 0 Å². The zero-order valence-corrected chi connectivity index (χ0v) is 21.6. The fourth-order valence-corrected chi connectivity index (χ4v) is 4.96. The fourth-order valence-electron chi connectivity index (χ4n) is 4.33. The molecule has 0 saturated carbocycles. The Hall–Kier alpha value is -4.15. The van der Waals surface area contributed by atoms with E-state index in [9.17, 15) is 0 Å². The number of thiophene rings is 1. The predicted octanol–water partition coefficient (Wildman–Crippen LogP) is 5.27. The SMILES string of the molecule is CN(C)c1cccc(Nc2nc(Nc3ccc(N4CCOCC4)cc3)c3ncn(-c4ccsc4)c3n2)c1. The second-order valence-electron chi connectivity index (χ2n) is 9.01. The molecule has 6 rings (SSSR count). The van der Waals surface area contributed by atoms with Gasteiger partial charge in [0.25, 0.3) is 0 Å². The van der Waals surface area contributed by atoms with Crippen LogP contribution in [0.25, 0.3) is 16.9 Å². The van der Waals surface area contributed by atoms with Gasteiger partial charge in [-0.3, -0.25) is 4.57 Å². The number of fused-ring (bicyclic) bond motifs is 1. The van der Waals surface area contributed by atoms with Crippen molar-refractivity contribution in [3.63, 3.8) is 0 Å². The highest BCUT2D eigenvalue weighted by Crippen LogP contribution is 2.29. The molecular weight excluding hydrogens is 484 g/mol.